The summed E-state index contributed by atoms with van der Waals surface area (Å²) in [5.41, 5.74) is 0.958. The Hall–Kier alpha value is -0.880. The topological polar surface area (TPSA) is 63.2 Å². The lowest BCUT2D eigenvalue weighted by molar-refractivity contribution is -0.121. The van der Waals surface area contributed by atoms with Crippen LogP contribution in [0.15, 0.2) is 28.7 Å². The van der Waals surface area contributed by atoms with Crippen LogP contribution >= 0.6 is 15.9 Å². The lowest BCUT2D eigenvalue weighted by Crippen LogP contribution is -2.39. The monoisotopic (exact) mass is 347 g/mol. The van der Waals surface area contributed by atoms with Crippen molar-refractivity contribution in [2.24, 2.45) is 0 Å². The molecule has 1 N–H and O–H groups in total. The van der Waals surface area contributed by atoms with Crippen molar-refractivity contribution in [3.63, 3.8) is 0 Å². The Morgan fingerprint density at radius 2 is 1.84 bits per heavy atom. The minimum Gasteiger partial charge on any atom is -0.348 e. The van der Waals surface area contributed by atoms with Crippen LogP contribution in [0.5, 0.6) is 0 Å². The second kappa shape index (κ2) is 6.52. The van der Waals surface area contributed by atoms with Crippen molar-refractivity contribution in [2.45, 2.75) is 31.6 Å². The smallest absolute Gasteiger partial charge is 0.238 e. The lowest BCUT2D eigenvalue weighted by atomic mass is 10.0. The molecule has 0 heterocycles. The highest BCUT2D eigenvalue weighted by atomic mass is 79.9. The van der Waals surface area contributed by atoms with E-state index >= 15 is 0 Å². The first kappa shape index (κ1) is 16.2. The maximum Gasteiger partial charge on any atom is 0.238 e. The number of amides is 1. The number of rotatable bonds is 5. The molecule has 0 radical (unpaired) electrons. The van der Waals surface area contributed by atoms with Gasteiger partial charge < -0.3 is 5.32 Å². The van der Waals surface area contributed by atoms with Gasteiger partial charge in [-0.15, -0.1) is 0 Å². The predicted molar refractivity (Wildman–Crippen MR) is 79.6 cm³/mol. The van der Waals surface area contributed by atoms with Crippen molar-refractivity contribution >= 4 is 31.7 Å². The molecule has 2 atom stereocenters. The van der Waals surface area contributed by atoms with E-state index in [1.165, 1.54) is 6.92 Å². The summed E-state index contributed by atoms with van der Waals surface area (Å²) in [5, 5.41) is 1.74. The Bertz CT molecular complexity index is 540. The molecule has 0 aliphatic heterocycles. The summed E-state index contributed by atoms with van der Waals surface area (Å²) in [7, 11) is -3.36. The number of sulfone groups is 1. The van der Waals surface area contributed by atoms with Gasteiger partial charge in [0, 0.05) is 10.7 Å². The minimum atomic E-state index is -3.36. The number of hydrogen-bond acceptors (Lipinski definition) is 3. The van der Waals surface area contributed by atoms with Crippen LogP contribution in [0.1, 0.15) is 31.9 Å². The van der Waals surface area contributed by atoms with E-state index in [-0.39, 0.29) is 6.04 Å². The molecule has 0 aliphatic carbocycles. The fourth-order valence-corrected chi connectivity index (χ4v) is 2.32. The summed E-state index contributed by atoms with van der Waals surface area (Å²) in [6.45, 7) is 3.34. The Kier molecular flexibility index (Phi) is 5.55. The van der Waals surface area contributed by atoms with Gasteiger partial charge in [0.25, 0.3) is 0 Å². The molecule has 19 heavy (non-hydrogen) atoms. The van der Waals surface area contributed by atoms with Gasteiger partial charge in [-0.1, -0.05) is 35.0 Å². The molecule has 1 amide bonds. The lowest BCUT2D eigenvalue weighted by Gasteiger charge is -2.19. The summed E-state index contributed by atoms with van der Waals surface area (Å²) < 4.78 is 23.7. The van der Waals surface area contributed by atoms with Crippen molar-refractivity contribution in [1.29, 1.82) is 0 Å². The first-order valence-corrected chi connectivity index (χ1v) is 8.75. The van der Waals surface area contributed by atoms with E-state index in [1.807, 2.05) is 31.2 Å². The van der Waals surface area contributed by atoms with Gasteiger partial charge in [-0.3, -0.25) is 4.79 Å². The highest BCUT2D eigenvalue weighted by Gasteiger charge is 2.25. The third kappa shape index (κ3) is 4.62. The van der Waals surface area contributed by atoms with Crippen molar-refractivity contribution in [3.05, 3.63) is 34.3 Å². The zero-order chi connectivity index (χ0) is 14.6. The Morgan fingerprint density at radius 3 is 2.26 bits per heavy atom. The number of benzene rings is 1. The maximum atomic E-state index is 11.9. The van der Waals surface area contributed by atoms with E-state index in [2.05, 4.69) is 21.2 Å². The fourth-order valence-electron chi connectivity index (χ4n) is 1.60. The fraction of sp³-hybridized carbons (Fsp3) is 0.462. The van der Waals surface area contributed by atoms with Crippen LogP contribution in [0.4, 0.5) is 0 Å². The molecule has 106 valence electrons. The zero-order valence-electron chi connectivity index (χ0n) is 11.2. The molecule has 0 aromatic heterocycles. The average Bonchev–Trinajstić information content (AvgIpc) is 2.34. The third-order valence-electron chi connectivity index (χ3n) is 3.01. The molecule has 1 aromatic carbocycles. The molecule has 0 unspecified atom stereocenters. The standard InChI is InChI=1S/C13H18BrNO3S/c1-4-12(10-5-7-11(14)8-6-10)15-13(16)9(2)19(3,17)18/h5-9,12H,4H2,1-3H3,(H,15,16)/t9-,12+/m0/s1. The van der Waals surface area contributed by atoms with E-state index in [4.69, 9.17) is 0 Å². The molecule has 0 aliphatic rings. The van der Waals surface area contributed by atoms with Crippen LogP contribution in [0.3, 0.4) is 0 Å². The molecular weight excluding hydrogens is 330 g/mol. The maximum absolute atomic E-state index is 11.9. The number of carbonyl (C=O) groups is 1. The van der Waals surface area contributed by atoms with Crippen LogP contribution in [0, 0.1) is 0 Å². The number of halogens is 1. The number of hydrogen-bond donors (Lipinski definition) is 1. The largest absolute Gasteiger partial charge is 0.348 e. The summed E-state index contributed by atoms with van der Waals surface area (Å²) >= 11 is 3.35. The Labute approximate surface area is 122 Å². The van der Waals surface area contributed by atoms with Gasteiger partial charge in [-0.2, -0.15) is 0 Å². The van der Waals surface area contributed by atoms with Gasteiger partial charge in [0.1, 0.15) is 5.25 Å². The molecule has 1 aromatic rings. The van der Waals surface area contributed by atoms with Gasteiger partial charge in [0.2, 0.25) is 5.91 Å². The molecular formula is C13H18BrNO3S. The zero-order valence-corrected chi connectivity index (χ0v) is 13.6. The molecule has 0 saturated heterocycles. The highest BCUT2D eigenvalue weighted by Crippen LogP contribution is 2.19. The highest BCUT2D eigenvalue weighted by molar-refractivity contribution is 9.10. The molecule has 6 heteroatoms. The van der Waals surface area contributed by atoms with Crippen LogP contribution in [-0.2, 0) is 14.6 Å². The first-order chi connectivity index (χ1) is 8.75. The first-order valence-electron chi connectivity index (χ1n) is 6.00. The van der Waals surface area contributed by atoms with Crippen molar-refractivity contribution < 1.29 is 13.2 Å². The second-order valence-electron chi connectivity index (χ2n) is 4.49. The molecule has 0 spiro atoms. The van der Waals surface area contributed by atoms with Crippen LogP contribution in [-0.4, -0.2) is 25.8 Å². The Morgan fingerprint density at radius 1 is 1.32 bits per heavy atom. The van der Waals surface area contributed by atoms with Gasteiger partial charge >= 0.3 is 0 Å². The van der Waals surface area contributed by atoms with E-state index in [0.29, 0.717) is 6.42 Å². The van der Waals surface area contributed by atoms with Gasteiger partial charge in [-0.05, 0) is 31.0 Å². The van der Waals surface area contributed by atoms with Gasteiger partial charge in [-0.25, -0.2) is 8.42 Å². The second-order valence-corrected chi connectivity index (χ2v) is 7.77. The van der Waals surface area contributed by atoms with Crippen LogP contribution < -0.4 is 5.32 Å². The number of nitrogens with one attached hydrogen (secondary N) is 1. The van der Waals surface area contributed by atoms with Crippen molar-refractivity contribution in [3.8, 4) is 0 Å². The Balaban J connectivity index is 2.83. The predicted octanol–water partition coefficient (Wildman–Crippen LogP) is 2.45. The molecule has 1 rings (SSSR count). The van der Waals surface area contributed by atoms with Gasteiger partial charge in [0.15, 0.2) is 9.84 Å². The molecule has 0 bridgehead atoms. The van der Waals surface area contributed by atoms with Crippen molar-refractivity contribution in [1.82, 2.24) is 5.32 Å². The van der Waals surface area contributed by atoms with Crippen LogP contribution in [0.25, 0.3) is 0 Å². The van der Waals surface area contributed by atoms with E-state index in [0.717, 1.165) is 16.3 Å². The third-order valence-corrected chi connectivity index (χ3v) is 5.04. The van der Waals surface area contributed by atoms with Crippen molar-refractivity contribution in [2.75, 3.05) is 6.26 Å². The van der Waals surface area contributed by atoms with Gasteiger partial charge in [0.05, 0.1) is 6.04 Å². The average molecular weight is 348 g/mol. The molecule has 4 nitrogen and oxygen atoms in total. The van der Waals surface area contributed by atoms with Crippen LogP contribution in [0.2, 0.25) is 0 Å². The normalized spacial score (nSPS) is 14.7. The summed E-state index contributed by atoms with van der Waals surface area (Å²) in [6.07, 6.45) is 1.77. The quantitative estimate of drug-likeness (QED) is 0.889. The van der Waals surface area contributed by atoms with E-state index in [9.17, 15) is 13.2 Å². The van der Waals surface area contributed by atoms with E-state index < -0.39 is 21.0 Å². The number of carbonyl (C=O) groups excluding carboxylic acids is 1. The van der Waals surface area contributed by atoms with E-state index in [1.54, 1.807) is 0 Å². The SMILES string of the molecule is CC[C@@H](NC(=O)[C@H](C)S(C)(=O)=O)c1ccc(Br)cc1. The molecule has 0 fully saturated rings. The summed E-state index contributed by atoms with van der Waals surface area (Å²) in [5.74, 6) is -0.461. The minimum absolute atomic E-state index is 0.176. The molecule has 0 saturated carbocycles. The summed E-state index contributed by atoms with van der Waals surface area (Å²) in [4.78, 5) is 11.9. The summed E-state index contributed by atoms with van der Waals surface area (Å²) in [6, 6.07) is 7.42.